The van der Waals surface area contributed by atoms with Gasteiger partial charge in [-0.15, -0.1) is 0 Å². The molecule has 0 N–H and O–H groups in total. The fourth-order valence-corrected chi connectivity index (χ4v) is 2.10. The Morgan fingerprint density at radius 1 is 1.33 bits per heavy atom. The molecule has 6 heteroatoms. The first kappa shape index (κ1) is 10.6. The SMILES string of the molecule is F[B-](F)(F)Cc1ccn(C2CCCC2)n1. The van der Waals surface area contributed by atoms with E-state index in [0.717, 1.165) is 25.7 Å². The molecule has 0 amide bonds. The monoisotopic (exact) mass is 217 g/mol. The molecule has 1 aliphatic rings. The first-order valence-corrected chi connectivity index (χ1v) is 5.29. The first-order valence-electron chi connectivity index (χ1n) is 5.29. The van der Waals surface area contributed by atoms with Crippen molar-refractivity contribution in [1.82, 2.24) is 9.78 Å². The third kappa shape index (κ3) is 2.76. The minimum Gasteiger partial charge on any atom is -0.449 e. The second kappa shape index (κ2) is 3.91. The Morgan fingerprint density at radius 2 is 2.00 bits per heavy atom. The van der Waals surface area contributed by atoms with Crippen molar-refractivity contribution in [1.29, 1.82) is 0 Å². The van der Waals surface area contributed by atoms with Crippen LogP contribution in [-0.4, -0.2) is 16.8 Å². The van der Waals surface area contributed by atoms with Crippen molar-refractivity contribution >= 4 is 6.98 Å². The van der Waals surface area contributed by atoms with Gasteiger partial charge in [-0.05, 0) is 25.2 Å². The Morgan fingerprint density at radius 3 is 2.60 bits per heavy atom. The van der Waals surface area contributed by atoms with E-state index in [-0.39, 0.29) is 5.69 Å². The number of hydrogen-bond donors (Lipinski definition) is 0. The molecule has 0 unspecified atom stereocenters. The van der Waals surface area contributed by atoms with Gasteiger partial charge in [0.1, 0.15) is 0 Å². The quantitative estimate of drug-likeness (QED) is 0.711. The summed E-state index contributed by atoms with van der Waals surface area (Å²) in [6, 6.07) is 1.80. The van der Waals surface area contributed by atoms with Crippen LogP contribution in [0.5, 0.6) is 0 Å². The molecule has 0 saturated heterocycles. The number of halogens is 3. The van der Waals surface area contributed by atoms with Crippen LogP contribution in [0, 0.1) is 0 Å². The lowest BCUT2D eigenvalue weighted by Gasteiger charge is -2.12. The first-order chi connectivity index (χ1) is 7.04. The molecule has 0 atom stereocenters. The predicted octanol–water partition coefficient (Wildman–Crippen LogP) is 2.93. The van der Waals surface area contributed by atoms with Crippen LogP contribution < -0.4 is 0 Å². The second-order valence-corrected chi connectivity index (χ2v) is 4.14. The number of nitrogens with zero attached hydrogens (tertiary/aromatic N) is 2. The van der Waals surface area contributed by atoms with Crippen LogP contribution in [0.4, 0.5) is 12.9 Å². The zero-order chi connectivity index (χ0) is 10.9. The molecule has 2 rings (SSSR count). The smallest absolute Gasteiger partial charge is 0.449 e. The molecule has 0 spiro atoms. The Kier molecular flexibility index (Phi) is 2.75. The third-order valence-corrected chi connectivity index (χ3v) is 2.80. The fourth-order valence-electron chi connectivity index (χ4n) is 2.10. The molecule has 2 nitrogen and oxygen atoms in total. The van der Waals surface area contributed by atoms with Crippen LogP contribution in [0.15, 0.2) is 12.3 Å². The lowest BCUT2D eigenvalue weighted by atomic mass is 9.84. The van der Waals surface area contributed by atoms with Gasteiger partial charge in [0.2, 0.25) is 0 Å². The van der Waals surface area contributed by atoms with Crippen molar-refractivity contribution in [3.63, 3.8) is 0 Å². The van der Waals surface area contributed by atoms with Gasteiger partial charge in [-0.25, -0.2) is 0 Å². The lowest BCUT2D eigenvalue weighted by Crippen LogP contribution is -2.20. The van der Waals surface area contributed by atoms with Gasteiger partial charge in [-0.3, -0.25) is 4.68 Å². The van der Waals surface area contributed by atoms with E-state index in [1.807, 2.05) is 0 Å². The van der Waals surface area contributed by atoms with E-state index in [4.69, 9.17) is 0 Å². The molecule has 1 saturated carbocycles. The molecule has 0 bridgehead atoms. The van der Waals surface area contributed by atoms with E-state index in [2.05, 4.69) is 5.10 Å². The van der Waals surface area contributed by atoms with E-state index >= 15 is 0 Å². The third-order valence-electron chi connectivity index (χ3n) is 2.80. The summed E-state index contributed by atoms with van der Waals surface area (Å²) >= 11 is 0. The maximum absolute atomic E-state index is 12.1. The number of rotatable bonds is 3. The minimum atomic E-state index is -4.76. The highest BCUT2D eigenvalue weighted by atomic mass is 19.4. The minimum absolute atomic E-state index is 0.148. The second-order valence-electron chi connectivity index (χ2n) is 4.14. The fraction of sp³-hybridized carbons (Fsp3) is 0.667. The van der Waals surface area contributed by atoms with Crippen molar-refractivity contribution in [3.05, 3.63) is 18.0 Å². The summed E-state index contributed by atoms with van der Waals surface area (Å²) in [5, 5.41) is 3.99. The van der Waals surface area contributed by atoms with Crippen LogP contribution in [0.2, 0.25) is 0 Å². The van der Waals surface area contributed by atoms with Crippen molar-refractivity contribution in [2.45, 2.75) is 38.0 Å². The van der Waals surface area contributed by atoms with Crippen LogP contribution in [0.3, 0.4) is 0 Å². The lowest BCUT2D eigenvalue weighted by molar-refractivity contribution is 0.451. The highest BCUT2D eigenvalue weighted by Gasteiger charge is 2.25. The zero-order valence-electron chi connectivity index (χ0n) is 8.37. The van der Waals surface area contributed by atoms with E-state index in [1.165, 1.54) is 6.07 Å². The van der Waals surface area contributed by atoms with Gasteiger partial charge >= 0.3 is 6.98 Å². The summed E-state index contributed by atoms with van der Waals surface area (Å²) in [6.07, 6.45) is 5.20. The standard InChI is InChI=1S/C9H13BF3N2/c11-10(12,13)7-8-5-6-15(14-8)9-3-1-2-4-9/h5-6,9H,1-4,7H2/q-1. The van der Waals surface area contributed by atoms with Crippen molar-refractivity contribution in [2.24, 2.45) is 0 Å². The molecular weight excluding hydrogens is 204 g/mol. The summed E-state index contributed by atoms with van der Waals surface area (Å²) in [4.78, 5) is 0. The molecule has 1 fully saturated rings. The molecule has 1 heterocycles. The van der Waals surface area contributed by atoms with Crippen LogP contribution in [0.1, 0.15) is 37.4 Å². The van der Waals surface area contributed by atoms with Gasteiger partial charge in [-0.1, -0.05) is 12.8 Å². The molecule has 1 aliphatic carbocycles. The van der Waals surface area contributed by atoms with Gasteiger partial charge in [0.05, 0.1) is 6.04 Å². The van der Waals surface area contributed by atoms with E-state index in [1.54, 1.807) is 10.9 Å². The van der Waals surface area contributed by atoms with E-state index in [9.17, 15) is 12.9 Å². The van der Waals surface area contributed by atoms with E-state index in [0.29, 0.717) is 6.04 Å². The summed E-state index contributed by atoms with van der Waals surface area (Å²) in [5.41, 5.74) is 0.148. The molecule has 0 aromatic carbocycles. The van der Waals surface area contributed by atoms with Crippen molar-refractivity contribution in [2.75, 3.05) is 0 Å². The van der Waals surface area contributed by atoms with Crippen LogP contribution in [0.25, 0.3) is 0 Å². The Hall–Kier alpha value is -0.935. The largest absolute Gasteiger partial charge is 0.484 e. The average molecular weight is 217 g/mol. The number of hydrogen-bond acceptors (Lipinski definition) is 1. The highest BCUT2D eigenvalue weighted by molar-refractivity contribution is 6.57. The van der Waals surface area contributed by atoms with Gasteiger partial charge in [0.15, 0.2) is 0 Å². The van der Waals surface area contributed by atoms with Crippen molar-refractivity contribution < 1.29 is 12.9 Å². The molecule has 1 aromatic rings. The molecule has 84 valence electrons. The summed E-state index contributed by atoms with van der Waals surface area (Å²) in [7, 11) is 0. The maximum Gasteiger partial charge on any atom is 0.484 e. The molecule has 0 radical (unpaired) electrons. The number of aromatic nitrogens is 2. The topological polar surface area (TPSA) is 17.8 Å². The summed E-state index contributed by atoms with van der Waals surface area (Å²) in [6.45, 7) is -4.76. The Balaban J connectivity index is 2.03. The predicted molar refractivity (Wildman–Crippen MR) is 52.5 cm³/mol. The van der Waals surface area contributed by atoms with Gasteiger partial charge in [0, 0.05) is 11.9 Å². The van der Waals surface area contributed by atoms with Gasteiger partial charge < -0.3 is 12.9 Å². The van der Waals surface area contributed by atoms with Gasteiger partial charge in [-0.2, -0.15) is 5.10 Å². The molecule has 1 aromatic heterocycles. The molecular formula is C9H13BF3N2-. The maximum atomic E-state index is 12.1. The van der Waals surface area contributed by atoms with Crippen molar-refractivity contribution in [3.8, 4) is 0 Å². The average Bonchev–Trinajstić information content (AvgIpc) is 2.68. The highest BCUT2D eigenvalue weighted by Crippen LogP contribution is 2.29. The Labute approximate surface area is 86.5 Å². The van der Waals surface area contributed by atoms with E-state index < -0.39 is 13.3 Å². The molecule has 0 aliphatic heterocycles. The normalized spacial score (nSPS) is 18.6. The van der Waals surface area contributed by atoms with Crippen LogP contribution in [-0.2, 0) is 6.32 Å². The van der Waals surface area contributed by atoms with Gasteiger partial charge in [0.25, 0.3) is 0 Å². The Bertz CT molecular complexity index is 328. The van der Waals surface area contributed by atoms with Crippen LogP contribution >= 0.6 is 0 Å². The summed E-state index contributed by atoms with van der Waals surface area (Å²) < 4.78 is 38.1. The molecule has 15 heavy (non-hydrogen) atoms. The summed E-state index contributed by atoms with van der Waals surface area (Å²) in [5.74, 6) is 0. The zero-order valence-corrected chi connectivity index (χ0v) is 8.37.